The van der Waals surface area contributed by atoms with Crippen LogP contribution in [-0.2, 0) is 25.8 Å². The molecule has 1 saturated heterocycles. The quantitative estimate of drug-likeness (QED) is 0.245. The van der Waals surface area contributed by atoms with Crippen LogP contribution in [0, 0.1) is 12.8 Å². The number of rotatable bonds is 10. The Bertz CT molecular complexity index is 1850. The molecule has 3 aromatic rings. The summed E-state index contributed by atoms with van der Waals surface area (Å²) in [4.78, 5) is 40.6. The average Bonchev–Trinajstić information content (AvgIpc) is 3.61. The van der Waals surface area contributed by atoms with Crippen molar-refractivity contribution in [2.45, 2.75) is 95.6 Å². The van der Waals surface area contributed by atoms with Crippen LogP contribution in [0.4, 0.5) is 16.8 Å². The van der Waals surface area contributed by atoms with Gasteiger partial charge < -0.3 is 14.6 Å². The van der Waals surface area contributed by atoms with Gasteiger partial charge in [-0.25, -0.2) is 23.1 Å². The molecule has 4 heterocycles. The highest BCUT2D eigenvalue weighted by Crippen LogP contribution is 2.43. The van der Waals surface area contributed by atoms with E-state index in [1.807, 2.05) is 38.1 Å². The molecular formula is C33H44N6O5S2Si. The molecule has 1 aliphatic carbocycles. The highest BCUT2D eigenvalue weighted by Gasteiger charge is 2.44. The molecule has 2 atom stereocenters. The van der Waals surface area contributed by atoms with Gasteiger partial charge in [0.05, 0.1) is 21.0 Å². The van der Waals surface area contributed by atoms with Crippen molar-refractivity contribution in [2.24, 2.45) is 5.92 Å². The van der Waals surface area contributed by atoms with Gasteiger partial charge in [-0.15, -0.1) is 0 Å². The number of anilines is 3. The minimum Gasteiger partial charge on any atom is -0.405 e. The van der Waals surface area contributed by atoms with E-state index in [-0.39, 0.29) is 33.4 Å². The average molecular weight is 697 g/mol. The van der Waals surface area contributed by atoms with Gasteiger partial charge in [0.1, 0.15) is 17.7 Å². The number of pyridine rings is 1. The number of carbonyl (C=O) groups excluding carboxylic acids is 2. The Hall–Kier alpha value is -3.17. The van der Waals surface area contributed by atoms with Gasteiger partial charge >= 0.3 is 0 Å². The first kappa shape index (κ1) is 33.7. The Kier molecular flexibility index (Phi) is 8.65. The number of hydrogen-bond donors (Lipinski definition) is 2. The summed E-state index contributed by atoms with van der Waals surface area (Å²) in [6.45, 7) is 15.6. The lowest BCUT2D eigenvalue weighted by Gasteiger charge is -2.37. The van der Waals surface area contributed by atoms with E-state index in [1.165, 1.54) is 18.4 Å². The van der Waals surface area contributed by atoms with Gasteiger partial charge in [-0.05, 0) is 99.6 Å². The number of carbonyl (C=O) groups is 2. The highest BCUT2D eigenvalue weighted by molar-refractivity contribution is 7.89. The molecule has 2 aliphatic heterocycles. The van der Waals surface area contributed by atoms with Crippen LogP contribution in [0.2, 0.25) is 18.1 Å². The largest absolute Gasteiger partial charge is 0.405 e. The fourth-order valence-electron chi connectivity index (χ4n) is 6.05. The van der Waals surface area contributed by atoms with Gasteiger partial charge in [0, 0.05) is 19.1 Å². The van der Waals surface area contributed by atoms with Crippen molar-refractivity contribution >= 4 is 58.3 Å². The van der Waals surface area contributed by atoms with Gasteiger partial charge in [0.25, 0.3) is 11.8 Å². The van der Waals surface area contributed by atoms with Gasteiger partial charge in [-0.3, -0.25) is 14.5 Å². The lowest BCUT2D eigenvalue weighted by Crippen LogP contribution is -2.46. The third kappa shape index (κ3) is 6.37. The minimum absolute atomic E-state index is 0.00237. The van der Waals surface area contributed by atoms with Crippen LogP contribution >= 0.6 is 11.3 Å². The summed E-state index contributed by atoms with van der Waals surface area (Å²) < 4.78 is 35.2. The van der Waals surface area contributed by atoms with Crippen molar-refractivity contribution in [3.05, 3.63) is 47.2 Å². The Balaban J connectivity index is 1.25. The van der Waals surface area contributed by atoms with E-state index in [1.54, 1.807) is 15.9 Å². The molecule has 1 aromatic carbocycles. The molecule has 2 amide bonds. The standard InChI is InChI=1S/C33H44N6O5S2Si/c1-19-29(22-16-23-18-39(20(2)21-12-13-21)31(41)28(23)25(17-22)46(42,43)34-6)45-32(35-19)37-26-10-9-11-27(36-26)38-15-14-24(30(38)40)44-47(7,8)33(3,4)5/h9-11,16-17,20-21,24,34H,12-15,18H2,1-8H3,(H,35,36,37)/t20-,24-/m0/s1. The fraction of sp³-hybridized carbons (Fsp3) is 0.515. The number of fused-ring (bicyclic) bond motifs is 1. The van der Waals surface area contributed by atoms with Crippen LogP contribution in [0.25, 0.3) is 10.4 Å². The predicted molar refractivity (Wildman–Crippen MR) is 187 cm³/mol. The van der Waals surface area contributed by atoms with Crippen molar-refractivity contribution < 1.29 is 22.4 Å². The third-order valence-electron chi connectivity index (χ3n) is 10.1. The van der Waals surface area contributed by atoms with Gasteiger partial charge in [-0.2, -0.15) is 0 Å². The Morgan fingerprint density at radius 1 is 1.11 bits per heavy atom. The van der Waals surface area contributed by atoms with Crippen LogP contribution in [-0.4, -0.2) is 69.2 Å². The first-order valence-corrected chi connectivity index (χ1v) is 21.3. The second-order valence-corrected chi connectivity index (χ2v) is 21.9. The summed E-state index contributed by atoms with van der Waals surface area (Å²) in [6, 6.07) is 9.04. The monoisotopic (exact) mass is 696 g/mol. The number of sulfonamides is 1. The Labute approximate surface area is 282 Å². The zero-order chi connectivity index (χ0) is 34.1. The van der Waals surface area contributed by atoms with E-state index < -0.39 is 24.4 Å². The molecule has 0 unspecified atom stereocenters. The molecule has 3 aliphatic rings. The number of hydrogen-bond acceptors (Lipinski definition) is 9. The summed E-state index contributed by atoms with van der Waals surface area (Å²) >= 11 is 1.38. The Morgan fingerprint density at radius 3 is 2.49 bits per heavy atom. The molecule has 2 N–H and O–H groups in total. The molecule has 47 heavy (non-hydrogen) atoms. The van der Waals surface area contributed by atoms with Crippen molar-refractivity contribution in [3.8, 4) is 10.4 Å². The maximum Gasteiger partial charge on any atom is 0.256 e. The lowest BCUT2D eigenvalue weighted by molar-refractivity contribution is -0.123. The van der Waals surface area contributed by atoms with E-state index in [9.17, 15) is 18.0 Å². The normalized spacial score (nSPS) is 19.4. The van der Waals surface area contributed by atoms with Gasteiger partial charge in [0.2, 0.25) is 10.0 Å². The zero-order valence-electron chi connectivity index (χ0n) is 28.3. The van der Waals surface area contributed by atoms with E-state index in [0.717, 1.165) is 17.7 Å². The van der Waals surface area contributed by atoms with Gasteiger partial charge in [0.15, 0.2) is 13.4 Å². The van der Waals surface area contributed by atoms with Crippen molar-refractivity contribution in [3.63, 3.8) is 0 Å². The first-order valence-electron chi connectivity index (χ1n) is 16.1. The van der Waals surface area contributed by atoms with Crippen LogP contribution in [0.1, 0.15) is 68.6 Å². The Morgan fingerprint density at radius 2 is 1.83 bits per heavy atom. The molecule has 11 nitrogen and oxygen atoms in total. The van der Waals surface area contributed by atoms with Crippen molar-refractivity contribution in [2.75, 3.05) is 23.8 Å². The van der Waals surface area contributed by atoms with E-state index in [2.05, 4.69) is 43.9 Å². The molecule has 14 heteroatoms. The number of nitrogens with zero attached hydrogens (tertiary/aromatic N) is 4. The van der Waals surface area contributed by atoms with E-state index in [0.29, 0.717) is 59.0 Å². The van der Waals surface area contributed by atoms with Crippen LogP contribution < -0.4 is 14.9 Å². The highest BCUT2D eigenvalue weighted by atomic mass is 32.2. The molecule has 252 valence electrons. The van der Waals surface area contributed by atoms with Crippen molar-refractivity contribution in [1.82, 2.24) is 19.6 Å². The summed E-state index contributed by atoms with van der Waals surface area (Å²) in [5, 5.41) is 3.86. The number of amides is 2. The molecule has 0 radical (unpaired) electrons. The van der Waals surface area contributed by atoms with Crippen LogP contribution in [0.15, 0.2) is 35.2 Å². The smallest absolute Gasteiger partial charge is 0.256 e. The minimum atomic E-state index is -3.91. The van der Waals surface area contributed by atoms with E-state index >= 15 is 0 Å². The zero-order valence-corrected chi connectivity index (χ0v) is 30.9. The second kappa shape index (κ2) is 12.1. The second-order valence-electron chi connectivity index (χ2n) is 14.3. The number of aromatic nitrogens is 2. The maximum atomic E-state index is 13.5. The molecule has 0 spiro atoms. The number of nitrogens with one attached hydrogen (secondary N) is 2. The van der Waals surface area contributed by atoms with Crippen LogP contribution in [0.5, 0.6) is 0 Å². The lowest BCUT2D eigenvalue weighted by atomic mass is 10.0. The fourth-order valence-corrected chi connectivity index (χ4v) is 9.28. The summed E-state index contributed by atoms with van der Waals surface area (Å²) in [5.41, 5.74) is 2.36. The number of thiazole rings is 1. The summed E-state index contributed by atoms with van der Waals surface area (Å²) in [6.07, 6.45) is 2.32. The van der Waals surface area contributed by atoms with Gasteiger partial charge in [-0.1, -0.05) is 38.2 Å². The first-order chi connectivity index (χ1) is 22.0. The summed E-state index contributed by atoms with van der Waals surface area (Å²) in [7, 11) is -4.67. The number of aryl methyl sites for hydroxylation is 1. The molecule has 0 bridgehead atoms. The van der Waals surface area contributed by atoms with E-state index in [4.69, 9.17) is 14.4 Å². The van der Waals surface area contributed by atoms with Crippen molar-refractivity contribution in [1.29, 1.82) is 0 Å². The number of benzene rings is 1. The third-order valence-corrected chi connectivity index (χ3v) is 17.1. The topological polar surface area (TPSA) is 134 Å². The molecule has 2 fully saturated rings. The SMILES string of the molecule is CNS(=O)(=O)c1cc(-c2sc(Nc3cccc(N4CC[C@H](O[Si](C)(C)C(C)(C)C)C4=O)n3)nc2C)cc2c1C(=O)N([C@@H](C)C1CC1)C2. The summed E-state index contributed by atoms with van der Waals surface area (Å²) in [5.74, 6) is 1.24. The van der Waals surface area contributed by atoms with Crippen LogP contribution in [0.3, 0.4) is 0 Å². The molecule has 1 saturated carbocycles. The predicted octanol–water partition coefficient (Wildman–Crippen LogP) is 6.05. The maximum absolute atomic E-state index is 13.5. The molecule has 6 rings (SSSR count). The molecule has 2 aromatic heterocycles. The molecular weight excluding hydrogens is 653 g/mol.